The van der Waals surface area contributed by atoms with Crippen LogP contribution in [-0.2, 0) is 14.6 Å². The van der Waals surface area contributed by atoms with Crippen molar-refractivity contribution in [1.29, 1.82) is 0 Å². The number of hydrogen-bond acceptors (Lipinski definition) is 4. The van der Waals surface area contributed by atoms with Crippen LogP contribution in [0.4, 0.5) is 0 Å². The van der Waals surface area contributed by atoms with Gasteiger partial charge in [0.1, 0.15) is 6.04 Å². The molecule has 0 bridgehead atoms. The number of aliphatic carboxylic acids is 1. The van der Waals surface area contributed by atoms with Gasteiger partial charge in [-0.2, -0.15) is 0 Å². The van der Waals surface area contributed by atoms with Gasteiger partial charge in [0.25, 0.3) is 5.91 Å². The van der Waals surface area contributed by atoms with Crippen molar-refractivity contribution in [3.8, 4) is 0 Å². The molecule has 1 aromatic rings. The summed E-state index contributed by atoms with van der Waals surface area (Å²) in [5, 5.41) is 9.03. The van der Waals surface area contributed by atoms with Gasteiger partial charge in [-0.3, -0.25) is 4.79 Å². The van der Waals surface area contributed by atoms with E-state index in [4.69, 9.17) is 0 Å². The van der Waals surface area contributed by atoms with Crippen molar-refractivity contribution >= 4 is 21.7 Å². The topological polar surface area (TPSA) is 91.8 Å². The van der Waals surface area contributed by atoms with Gasteiger partial charge in [0.05, 0.1) is 10.1 Å². The first-order valence-corrected chi connectivity index (χ1v) is 10.7. The Morgan fingerprint density at radius 2 is 1.73 bits per heavy atom. The first-order chi connectivity index (χ1) is 12.2. The molecule has 1 saturated carbocycles. The van der Waals surface area contributed by atoms with Crippen molar-refractivity contribution in [3.05, 3.63) is 29.8 Å². The monoisotopic (exact) mass is 379 g/mol. The van der Waals surface area contributed by atoms with E-state index in [2.05, 4.69) is 0 Å². The summed E-state index contributed by atoms with van der Waals surface area (Å²) in [6, 6.07) is 5.03. The molecular formula is C19H25NO5S. The van der Waals surface area contributed by atoms with Crippen LogP contribution in [0.25, 0.3) is 0 Å². The van der Waals surface area contributed by atoms with Crippen LogP contribution in [0.2, 0.25) is 0 Å². The number of rotatable bonds is 4. The SMILES string of the molecule is CC(C)S(=O)(=O)c1ccc(C(=O)N2[C@@H]3CCCC[C@@H]3C[C@H]2C(=O)O)cc1. The molecule has 1 aliphatic heterocycles. The van der Waals surface area contributed by atoms with Crippen molar-refractivity contribution in [2.24, 2.45) is 5.92 Å². The molecule has 0 aromatic heterocycles. The number of likely N-dealkylation sites (tertiary alicyclic amines) is 1. The van der Waals surface area contributed by atoms with Crippen molar-refractivity contribution in [3.63, 3.8) is 0 Å². The quantitative estimate of drug-likeness (QED) is 0.868. The average molecular weight is 379 g/mol. The Hall–Kier alpha value is -1.89. The molecule has 1 N–H and O–H groups in total. The van der Waals surface area contributed by atoms with Crippen LogP contribution in [-0.4, -0.2) is 47.6 Å². The number of carbonyl (C=O) groups excluding carboxylic acids is 1. The maximum atomic E-state index is 13.0. The summed E-state index contributed by atoms with van der Waals surface area (Å²) < 4.78 is 24.5. The molecule has 7 heteroatoms. The normalized spacial score (nSPS) is 26.0. The average Bonchev–Trinajstić information content (AvgIpc) is 3.01. The van der Waals surface area contributed by atoms with Crippen molar-refractivity contribution in [2.45, 2.75) is 68.2 Å². The zero-order chi connectivity index (χ0) is 19.1. The third kappa shape index (κ3) is 3.24. The molecule has 6 nitrogen and oxygen atoms in total. The van der Waals surface area contributed by atoms with E-state index in [1.54, 1.807) is 13.8 Å². The molecule has 3 rings (SSSR count). The molecule has 1 amide bonds. The van der Waals surface area contributed by atoms with Gasteiger partial charge in [0, 0.05) is 11.6 Å². The first kappa shape index (κ1) is 18.9. The molecule has 2 fully saturated rings. The summed E-state index contributed by atoms with van der Waals surface area (Å²) >= 11 is 0. The summed E-state index contributed by atoms with van der Waals surface area (Å²) in [6.45, 7) is 3.22. The van der Waals surface area contributed by atoms with E-state index in [1.807, 2.05) is 0 Å². The lowest BCUT2D eigenvalue weighted by molar-refractivity contribution is -0.141. The second-order valence-corrected chi connectivity index (χ2v) is 10.0. The molecule has 0 unspecified atom stereocenters. The van der Waals surface area contributed by atoms with Crippen LogP contribution < -0.4 is 0 Å². The van der Waals surface area contributed by atoms with E-state index in [0.29, 0.717) is 12.0 Å². The minimum Gasteiger partial charge on any atom is -0.480 e. The molecule has 0 spiro atoms. The van der Waals surface area contributed by atoms with Crippen molar-refractivity contribution < 1.29 is 23.1 Å². The zero-order valence-electron chi connectivity index (χ0n) is 15.1. The minimum atomic E-state index is -3.40. The number of hydrogen-bond donors (Lipinski definition) is 1. The molecule has 1 heterocycles. The Morgan fingerprint density at radius 1 is 1.12 bits per heavy atom. The smallest absolute Gasteiger partial charge is 0.326 e. The van der Waals surface area contributed by atoms with E-state index in [0.717, 1.165) is 25.7 Å². The molecular weight excluding hydrogens is 354 g/mol. The van der Waals surface area contributed by atoms with E-state index < -0.39 is 27.1 Å². The fourth-order valence-electron chi connectivity index (χ4n) is 4.18. The van der Waals surface area contributed by atoms with Crippen LogP contribution in [0, 0.1) is 5.92 Å². The lowest BCUT2D eigenvalue weighted by Gasteiger charge is -2.33. The summed E-state index contributed by atoms with van der Waals surface area (Å²) in [7, 11) is -3.40. The Morgan fingerprint density at radius 3 is 2.31 bits per heavy atom. The van der Waals surface area contributed by atoms with Gasteiger partial charge in [0.15, 0.2) is 9.84 Å². The molecule has 1 aliphatic carbocycles. The van der Waals surface area contributed by atoms with Gasteiger partial charge < -0.3 is 10.0 Å². The number of carboxylic acids is 1. The molecule has 1 saturated heterocycles. The van der Waals surface area contributed by atoms with E-state index in [1.165, 1.54) is 29.2 Å². The molecule has 142 valence electrons. The maximum absolute atomic E-state index is 13.0. The number of carbonyl (C=O) groups is 2. The first-order valence-electron chi connectivity index (χ1n) is 9.13. The highest BCUT2D eigenvalue weighted by molar-refractivity contribution is 7.92. The van der Waals surface area contributed by atoms with E-state index >= 15 is 0 Å². The summed E-state index contributed by atoms with van der Waals surface area (Å²) in [5.74, 6) is -1.04. The van der Waals surface area contributed by atoms with E-state index in [-0.39, 0.29) is 22.8 Å². The Labute approximate surface area is 154 Å². The van der Waals surface area contributed by atoms with Crippen LogP contribution in [0.15, 0.2) is 29.2 Å². The number of sulfone groups is 1. The van der Waals surface area contributed by atoms with E-state index in [9.17, 15) is 23.1 Å². The fourth-order valence-corrected chi connectivity index (χ4v) is 5.24. The van der Waals surface area contributed by atoms with Gasteiger partial charge in [-0.25, -0.2) is 13.2 Å². The van der Waals surface area contributed by atoms with Gasteiger partial charge in [-0.15, -0.1) is 0 Å². The third-order valence-corrected chi connectivity index (χ3v) is 7.83. The maximum Gasteiger partial charge on any atom is 0.326 e. The van der Waals surface area contributed by atoms with Crippen LogP contribution in [0.3, 0.4) is 0 Å². The number of nitrogens with zero attached hydrogens (tertiary/aromatic N) is 1. The molecule has 2 aliphatic rings. The van der Waals surface area contributed by atoms with Crippen LogP contribution in [0.1, 0.15) is 56.3 Å². The molecule has 3 atom stereocenters. The van der Waals surface area contributed by atoms with Gasteiger partial charge in [-0.1, -0.05) is 12.8 Å². The molecule has 1 aromatic carbocycles. The standard InChI is InChI=1S/C19H25NO5S/c1-12(2)26(24,25)15-9-7-13(8-10-15)18(21)20-16-6-4-3-5-14(16)11-17(20)19(22)23/h7-10,12,14,16-17H,3-6,11H2,1-2H3,(H,22,23)/t14-,16-,17+/m1/s1. The lowest BCUT2D eigenvalue weighted by atomic mass is 9.84. The van der Waals surface area contributed by atoms with Gasteiger partial charge >= 0.3 is 5.97 Å². The summed E-state index contributed by atoms with van der Waals surface area (Å²) in [5.41, 5.74) is 0.338. The second kappa shape index (κ2) is 7.02. The highest BCUT2D eigenvalue weighted by atomic mass is 32.2. The summed E-state index contributed by atoms with van der Waals surface area (Å²) in [6.07, 6.45) is 4.38. The number of amides is 1. The Kier molecular flexibility index (Phi) is 5.10. The minimum absolute atomic E-state index is 0.0311. The summed E-state index contributed by atoms with van der Waals surface area (Å²) in [4.78, 5) is 26.4. The van der Waals surface area contributed by atoms with Crippen molar-refractivity contribution in [1.82, 2.24) is 4.90 Å². The Balaban J connectivity index is 1.89. The van der Waals surface area contributed by atoms with Crippen LogP contribution >= 0.6 is 0 Å². The number of benzene rings is 1. The van der Waals surface area contributed by atoms with Crippen LogP contribution in [0.5, 0.6) is 0 Å². The largest absolute Gasteiger partial charge is 0.480 e. The predicted molar refractivity (Wildman–Crippen MR) is 96.7 cm³/mol. The van der Waals surface area contributed by atoms with Gasteiger partial charge in [-0.05, 0) is 63.3 Å². The molecule has 0 radical (unpaired) electrons. The number of fused-ring (bicyclic) bond motifs is 1. The highest BCUT2D eigenvalue weighted by Crippen LogP contribution is 2.40. The lowest BCUT2D eigenvalue weighted by Crippen LogP contribution is -2.46. The Bertz CT molecular complexity index is 800. The van der Waals surface area contributed by atoms with Crippen molar-refractivity contribution in [2.75, 3.05) is 0 Å². The molecule has 26 heavy (non-hydrogen) atoms. The van der Waals surface area contributed by atoms with Gasteiger partial charge in [0.2, 0.25) is 0 Å². The number of carboxylic acid groups (broad SMARTS) is 1. The highest BCUT2D eigenvalue weighted by Gasteiger charge is 2.47. The fraction of sp³-hybridized carbons (Fsp3) is 0.579. The third-order valence-electron chi connectivity index (χ3n) is 5.66. The second-order valence-electron chi connectivity index (χ2n) is 7.53. The predicted octanol–water partition coefficient (Wildman–Crippen LogP) is 2.73. The zero-order valence-corrected chi connectivity index (χ0v) is 15.9.